The van der Waals surface area contributed by atoms with Gasteiger partial charge in [0.25, 0.3) is 0 Å². The molecule has 0 spiro atoms. The molecular weight excluding hydrogens is 200 g/mol. The third-order valence-corrected chi connectivity index (χ3v) is 3.21. The number of fused-ring (bicyclic) bond motifs is 1. The minimum Gasteiger partial charge on any atom is -0.464 e. The second-order valence-electron chi connectivity index (χ2n) is 4.74. The molecule has 2 aromatic rings. The lowest BCUT2D eigenvalue weighted by atomic mass is 9.82. The maximum absolute atomic E-state index is 12.2. The van der Waals surface area contributed by atoms with Crippen molar-refractivity contribution in [3.8, 4) is 0 Å². The molecule has 2 rings (SSSR count). The van der Waals surface area contributed by atoms with Crippen LogP contribution < -0.4 is 0 Å². The maximum Gasteiger partial charge on any atom is 0.168 e. The van der Waals surface area contributed by atoms with Gasteiger partial charge < -0.3 is 4.42 Å². The van der Waals surface area contributed by atoms with Crippen LogP contribution in [-0.4, -0.2) is 5.78 Å². The standard InChI is InChI=1S/C14H16O2/c1-4-14(2,3)13(15)11-5-6-12-10(9-11)7-8-16-12/h5-9H,4H2,1-3H3. The van der Waals surface area contributed by atoms with Crippen molar-refractivity contribution in [2.75, 3.05) is 0 Å². The Bertz CT molecular complexity index is 520. The first kappa shape index (κ1) is 10.9. The van der Waals surface area contributed by atoms with Gasteiger partial charge in [-0.3, -0.25) is 4.79 Å². The molecule has 0 aliphatic carbocycles. The zero-order valence-electron chi connectivity index (χ0n) is 9.91. The Morgan fingerprint density at radius 3 is 2.75 bits per heavy atom. The van der Waals surface area contributed by atoms with E-state index in [1.54, 1.807) is 6.26 Å². The van der Waals surface area contributed by atoms with Gasteiger partial charge in [0.15, 0.2) is 5.78 Å². The quantitative estimate of drug-likeness (QED) is 0.724. The number of rotatable bonds is 3. The molecule has 0 aliphatic heterocycles. The van der Waals surface area contributed by atoms with E-state index in [1.807, 2.05) is 45.0 Å². The van der Waals surface area contributed by atoms with E-state index in [0.717, 1.165) is 23.0 Å². The molecule has 0 fully saturated rings. The summed E-state index contributed by atoms with van der Waals surface area (Å²) in [5.41, 5.74) is 1.30. The van der Waals surface area contributed by atoms with Crippen LogP contribution in [0.1, 0.15) is 37.6 Å². The molecule has 0 amide bonds. The molecule has 84 valence electrons. The van der Waals surface area contributed by atoms with Crippen LogP contribution in [0.2, 0.25) is 0 Å². The molecule has 0 bridgehead atoms. The highest BCUT2D eigenvalue weighted by molar-refractivity contribution is 6.02. The number of hydrogen-bond acceptors (Lipinski definition) is 2. The van der Waals surface area contributed by atoms with E-state index < -0.39 is 0 Å². The molecule has 0 atom stereocenters. The Labute approximate surface area is 95.3 Å². The summed E-state index contributed by atoms with van der Waals surface area (Å²) in [4.78, 5) is 12.2. The fourth-order valence-electron chi connectivity index (χ4n) is 1.66. The van der Waals surface area contributed by atoms with Crippen molar-refractivity contribution in [3.05, 3.63) is 36.1 Å². The summed E-state index contributed by atoms with van der Waals surface area (Å²) in [6.07, 6.45) is 2.49. The van der Waals surface area contributed by atoms with Crippen molar-refractivity contribution in [1.82, 2.24) is 0 Å². The van der Waals surface area contributed by atoms with Gasteiger partial charge in [0.1, 0.15) is 5.58 Å². The van der Waals surface area contributed by atoms with Crippen LogP contribution in [-0.2, 0) is 0 Å². The summed E-state index contributed by atoms with van der Waals surface area (Å²) in [5, 5.41) is 0.984. The summed E-state index contributed by atoms with van der Waals surface area (Å²) in [6, 6.07) is 7.48. The van der Waals surface area contributed by atoms with E-state index in [1.165, 1.54) is 0 Å². The number of ketones is 1. The van der Waals surface area contributed by atoms with Crippen LogP contribution in [0, 0.1) is 5.41 Å². The lowest BCUT2D eigenvalue weighted by molar-refractivity contribution is 0.0833. The topological polar surface area (TPSA) is 30.2 Å². The summed E-state index contributed by atoms with van der Waals surface area (Å²) < 4.78 is 5.25. The fourth-order valence-corrected chi connectivity index (χ4v) is 1.66. The second-order valence-corrected chi connectivity index (χ2v) is 4.74. The van der Waals surface area contributed by atoms with Gasteiger partial charge in [0.2, 0.25) is 0 Å². The molecule has 0 saturated heterocycles. The number of carbonyl (C=O) groups is 1. The average Bonchev–Trinajstić information content (AvgIpc) is 2.74. The van der Waals surface area contributed by atoms with Crippen molar-refractivity contribution in [1.29, 1.82) is 0 Å². The van der Waals surface area contributed by atoms with E-state index in [4.69, 9.17) is 4.42 Å². The molecule has 0 unspecified atom stereocenters. The van der Waals surface area contributed by atoms with Gasteiger partial charge in [0.05, 0.1) is 6.26 Å². The van der Waals surface area contributed by atoms with Gasteiger partial charge in [-0.15, -0.1) is 0 Å². The zero-order valence-corrected chi connectivity index (χ0v) is 9.91. The Hall–Kier alpha value is -1.57. The van der Waals surface area contributed by atoms with Gasteiger partial charge in [-0.05, 0) is 30.7 Å². The average molecular weight is 216 g/mol. The Morgan fingerprint density at radius 1 is 1.31 bits per heavy atom. The van der Waals surface area contributed by atoms with Crippen molar-refractivity contribution in [2.24, 2.45) is 5.41 Å². The Morgan fingerprint density at radius 2 is 2.06 bits per heavy atom. The van der Waals surface area contributed by atoms with Crippen LogP contribution in [0.5, 0.6) is 0 Å². The van der Waals surface area contributed by atoms with Crippen molar-refractivity contribution in [2.45, 2.75) is 27.2 Å². The first-order chi connectivity index (χ1) is 7.54. The Kier molecular flexibility index (Phi) is 2.58. The predicted octanol–water partition coefficient (Wildman–Crippen LogP) is 4.05. The zero-order chi connectivity index (χ0) is 11.8. The van der Waals surface area contributed by atoms with E-state index in [-0.39, 0.29) is 11.2 Å². The summed E-state index contributed by atoms with van der Waals surface area (Å²) >= 11 is 0. The smallest absolute Gasteiger partial charge is 0.168 e. The lowest BCUT2D eigenvalue weighted by Gasteiger charge is -2.20. The summed E-state index contributed by atoms with van der Waals surface area (Å²) in [5.74, 6) is 0.193. The number of benzene rings is 1. The monoisotopic (exact) mass is 216 g/mol. The molecule has 0 saturated carbocycles. The van der Waals surface area contributed by atoms with Gasteiger partial charge in [-0.1, -0.05) is 20.8 Å². The van der Waals surface area contributed by atoms with E-state index >= 15 is 0 Å². The highest BCUT2D eigenvalue weighted by Gasteiger charge is 2.26. The highest BCUT2D eigenvalue weighted by Crippen LogP contribution is 2.27. The lowest BCUT2D eigenvalue weighted by Crippen LogP contribution is -2.23. The molecule has 16 heavy (non-hydrogen) atoms. The maximum atomic E-state index is 12.2. The third kappa shape index (κ3) is 1.75. The first-order valence-electron chi connectivity index (χ1n) is 5.56. The SMILES string of the molecule is CCC(C)(C)C(=O)c1ccc2occc2c1. The number of hydrogen-bond donors (Lipinski definition) is 0. The van der Waals surface area contributed by atoms with E-state index in [9.17, 15) is 4.79 Å². The summed E-state index contributed by atoms with van der Waals surface area (Å²) in [6.45, 7) is 6.00. The molecule has 2 heteroatoms. The van der Waals surface area contributed by atoms with Gasteiger partial charge in [-0.25, -0.2) is 0 Å². The normalized spacial score (nSPS) is 11.9. The molecule has 0 aliphatic rings. The third-order valence-electron chi connectivity index (χ3n) is 3.21. The second kappa shape index (κ2) is 3.78. The molecule has 0 radical (unpaired) electrons. The highest BCUT2D eigenvalue weighted by atomic mass is 16.3. The number of Topliss-reactive ketones (excluding diaryl/α,β-unsaturated/α-hetero) is 1. The van der Waals surface area contributed by atoms with Crippen LogP contribution >= 0.6 is 0 Å². The van der Waals surface area contributed by atoms with Crippen LogP contribution in [0.4, 0.5) is 0 Å². The van der Waals surface area contributed by atoms with Gasteiger partial charge in [-0.2, -0.15) is 0 Å². The minimum atomic E-state index is -0.294. The fraction of sp³-hybridized carbons (Fsp3) is 0.357. The number of carbonyl (C=O) groups excluding carboxylic acids is 1. The van der Waals surface area contributed by atoms with Crippen molar-refractivity contribution in [3.63, 3.8) is 0 Å². The predicted molar refractivity (Wildman–Crippen MR) is 64.6 cm³/mol. The van der Waals surface area contributed by atoms with Crippen molar-refractivity contribution < 1.29 is 9.21 Å². The van der Waals surface area contributed by atoms with Crippen LogP contribution in [0.25, 0.3) is 11.0 Å². The Balaban J connectivity index is 2.43. The molecule has 1 aromatic carbocycles. The van der Waals surface area contributed by atoms with E-state index in [2.05, 4.69) is 0 Å². The van der Waals surface area contributed by atoms with E-state index in [0.29, 0.717) is 0 Å². The first-order valence-corrected chi connectivity index (χ1v) is 5.56. The molecule has 1 heterocycles. The van der Waals surface area contributed by atoms with Gasteiger partial charge in [0, 0.05) is 16.4 Å². The summed E-state index contributed by atoms with van der Waals surface area (Å²) in [7, 11) is 0. The number of furan rings is 1. The molecule has 0 N–H and O–H groups in total. The largest absolute Gasteiger partial charge is 0.464 e. The molecule has 2 nitrogen and oxygen atoms in total. The van der Waals surface area contributed by atoms with Gasteiger partial charge >= 0.3 is 0 Å². The van der Waals surface area contributed by atoms with Crippen molar-refractivity contribution >= 4 is 16.8 Å². The molecule has 1 aromatic heterocycles. The minimum absolute atomic E-state index is 0.193. The van der Waals surface area contributed by atoms with Crippen LogP contribution in [0.15, 0.2) is 34.9 Å². The van der Waals surface area contributed by atoms with Crippen LogP contribution in [0.3, 0.4) is 0 Å². The molecular formula is C14H16O2.